The third-order valence-electron chi connectivity index (χ3n) is 3.25. The molecule has 0 N–H and O–H groups in total. The number of hydrogen-bond donors (Lipinski definition) is 0. The van der Waals surface area contributed by atoms with Crippen molar-refractivity contribution in [1.29, 1.82) is 0 Å². The molecule has 1 aromatic carbocycles. The summed E-state index contributed by atoms with van der Waals surface area (Å²) in [6.07, 6.45) is 4.68. The molecule has 0 bridgehead atoms. The molecule has 0 aromatic heterocycles. The van der Waals surface area contributed by atoms with Crippen molar-refractivity contribution in [1.82, 2.24) is 0 Å². The van der Waals surface area contributed by atoms with Gasteiger partial charge in [0.25, 0.3) is 0 Å². The van der Waals surface area contributed by atoms with E-state index < -0.39 is 0 Å². The van der Waals surface area contributed by atoms with Crippen molar-refractivity contribution >= 4 is 31.9 Å². The van der Waals surface area contributed by atoms with Crippen molar-refractivity contribution < 1.29 is 4.74 Å². The van der Waals surface area contributed by atoms with Crippen LogP contribution in [-0.4, -0.2) is 11.9 Å². The quantitative estimate of drug-likeness (QED) is 0.688. The minimum absolute atomic E-state index is 0.711. The maximum atomic E-state index is 5.77. The Bertz CT molecular complexity index is 390. The molecule has 1 aromatic rings. The van der Waals surface area contributed by atoms with Crippen molar-refractivity contribution in [2.24, 2.45) is 5.92 Å². The first-order chi connectivity index (χ1) is 8.24. The van der Waals surface area contributed by atoms with Crippen LogP contribution in [0.1, 0.15) is 30.9 Å². The second-order valence-corrected chi connectivity index (χ2v) is 6.23. The van der Waals surface area contributed by atoms with Gasteiger partial charge in [-0.25, -0.2) is 0 Å². The molecular weight excluding hydrogens is 344 g/mol. The second-order valence-electron chi connectivity index (χ2n) is 4.66. The first kappa shape index (κ1) is 13.4. The first-order valence-electron chi connectivity index (χ1n) is 6.24. The van der Waals surface area contributed by atoms with E-state index in [1.54, 1.807) is 0 Å². The molecule has 1 unspecified atom stereocenters. The molecule has 17 heavy (non-hydrogen) atoms. The lowest BCUT2D eigenvalue weighted by Gasteiger charge is -2.15. The lowest BCUT2D eigenvalue weighted by Crippen LogP contribution is -2.07. The zero-order valence-electron chi connectivity index (χ0n) is 10.1. The van der Waals surface area contributed by atoms with E-state index in [1.807, 2.05) is 0 Å². The molecule has 1 aliphatic heterocycles. The molecule has 94 valence electrons. The maximum absolute atomic E-state index is 5.77. The number of hydrogen-bond acceptors (Lipinski definition) is 1. The Morgan fingerprint density at radius 1 is 1.41 bits per heavy atom. The fourth-order valence-corrected chi connectivity index (χ4v) is 3.56. The molecule has 0 radical (unpaired) electrons. The molecule has 1 heterocycles. The van der Waals surface area contributed by atoms with E-state index in [9.17, 15) is 0 Å². The van der Waals surface area contributed by atoms with Gasteiger partial charge in [0, 0.05) is 16.2 Å². The Kier molecular flexibility index (Phi) is 4.92. The largest absolute Gasteiger partial charge is 0.493 e. The first-order valence-corrected chi connectivity index (χ1v) is 8.16. The normalized spacial score (nSPS) is 15.5. The third kappa shape index (κ3) is 3.25. The van der Waals surface area contributed by atoms with Crippen LogP contribution in [0.5, 0.6) is 5.75 Å². The molecule has 1 atom stereocenters. The van der Waals surface area contributed by atoms with Gasteiger partial charge in [-0.05, 0) is 42.0 Å². The number of rotatable bonds is 5. The average Bonchev–Trinajstić information content (AvgIpc) is 2.76. The number of alkyl halides is 1. The Labute approximate surface area is 120 Å². The van der Waals surface area contributed by atoms with Gasteiger partial charge in [0.15, 0.2) is 0 Å². The van der Waals surface area contributed by atoms with Gasteiger partial charge in [0.05, 0.1) is 6.61 Å². The monoisotopic (exact) mass is 360 g/mol. The van der Waals surface area contributed by atoms with E-state index in [2.05, 4.69) is 50.9 Å². The number of fused-ring (bicyclic) bond motifs is 1. The SMILES string of the molecule is CCCC(CBr)Cc1cc(Br)cc2c1OCC2. The average molecular weight is 362 g/mol. The van der Waals surface area contributed by atoms with Crippen LogP contribution in [0, 0.1) is 5.92 Å². The van der Waals surface area contributed by atoms with E-state index >= 15 is 0 Å². The number of ether oxygens (including phenoxy) is 1. The lowest BCUT2D eigenvalue weighted by atomic mass is 9.95. The van der Waals surface area contributed by atoms with Gasteiger partial charge in [0.2, 0.25) is 0 Å². The van der Waals surface area contributed by atoms with Crippen molar-refractivity contribution in [3.63, 3.8) is 0 Å². The minimum atomic E-state index is 0.711. The fourth-order valence-electron chi connectivity index (χ4n) is 2.45. The van der Waals surface area contributed by atoms with E-state index in [0.29, 0.717) is 5.92 Å². The van der Waals surface area contributed by atoms with Gasteiger partial charge in [-0.1, -0.05) is 45.2 Å². The Balaban J connectivity index is 2.20. The van der Waals surface area contributed by atoms with Gasteiger partial charge < -0.3 is 4.74 Å². The summed E-state index contributed by atoms with van der Waals surface area (Å²) in [4.78, 5) is 0. The smallest absolute Gasteiger partial charge is 0.125 e. The summed E-state index contributed by atoms with van der Waals surface area (Å²) in [5, 5.41) is 1.07. The zero-order valence-corrected chi connectivity index (χ0v) is 13.3. The minimum Gasteiger partial charge on any atom is -0.493 e. The van der Waals surface area contributed by atoms with E-state index in [1.165, 1.54) is 28.4 Å². The molecular formula is C14H18Br2O. The summed E-state index contributed by atoms with van der Waals surface area (Å²) in [6, 6.07) is 4.41. The van der Waals surface area contributed by atoms with Crippen LogP contribution >= 0.6 is 31.9 Å². The highest BCUT2D eigenvalue weighted by atomic mass is 79.9. The number of halogens is 2. The van der Waals surface area contributed by atoms with Gasteiger partial charge in [0.1, 0.15) is 5.75 Å². The summed E-state index contributed by atoms with van der Waals surface area (Å²) >= 11 is 7.22. The maximum Gasteiger partial charge on any atom is 0.125 e. The van der Waals surface area contributed by atoms with Crippen LogP contribution < -0.4 is 4.74 Å². The van der Waals surface area contributed by atoms with Crippen LogP contribution in [0.4, 0.5) is 0 Å². The topological polar surface area (TPSA) is 9.23 Å². The van der Waals surface area contributed by atoms with Crippen molar-refractivity contribution in [2.75, 3.05) is 11.9 Å². The van der Waals surface area contributed by atoms with Crippen LogP contribution in [0.2, 0.25) is 0 Å². The van der Waals surface area contributed by atoms with Crippen LogP contribution in [-0.2, 0) is 12.8 Å². The summed E-state index contributed by atoms with van der Waals surface area (Å²) < 4.78 is 6.95. The van der Waals surface area contributed by atoms with E-state index in [4.69, 9.17) is 4.74 Å². The van der Waals surface area contributed by atoms with Crippen molar-refractivity contribution in [3.05, 3.63) is 27.7 Å². The predicted octanol–water partition coefficient (Wildman–Crippen LogP) is 4.74. The highest BCUT2D eigenvalue weighted by molar-refractivity contribution is 9.10. The molecule has 0 spiro atoms. The van der Waals surface area contributed by atoms with Crippen molar-refractivity contribution in [2.45, 2.75) is 32.6 Å². The van der Waals surface area contributed by atoms with Crippen LogP contribution in [0.25, 0.3) is 0 Å². The Morgan fingerprint density at radius 3 is 2.94 bits per heavy atom. The van der Waals surface area contributed by atoms with E-state index in [0.717, 1.165) is 30.5 Å². The highest BCUT2D eigenvalue weighted by Gasteiger charge is 2.19. The molecule has 0 saturated carbocycles. The molecule has 1 nitrogen and oxygen atoms in total. The predicted molar refractivity (Wildman–Crippen MR) is 79.2 cm³/mol. The second kappa shape index (κ2) is 6.24. The molecule has 0 amide bonds. The van der Waals surface area contributed by atoms with E-state index in [-0.39, 0.29) is 0 Å². The third-order valence-corrected chi connectivity index (χ3v) is 4.62. The molecule has 3 heteroatoms. The van der Waals surface area contributed by atoms with Gasteiger partial charge >= 0.3 is 0 Å². The van der Waals surface area contributed by atoms with Crippen molar-refractivity contribution in [3.8, 4) is 5.75 Å². The summed E-state index contributed by atoms with van der Waals surface area (Å²) in [5.41, 5.74) is 2.73. The standard InChI is InChI=1S/C14H18Br2O/c1-2-3-10(9-15)6-12-8-13(16)7-11-4-5-17-14(11)12/h7-8,10H,2-6,9H2,1H3. The zero-order chi connectivity index (χ0) is 12.3. The van der Waals surface area contributed by atoms with Gasteiger partial charge in [-0.15, -0.1) is 0 Å². The van der Waals surface area contributed by atoms with Gasteiger partial charge in [-0.2, -0.15) is 0 Å². The molecule has 0 saturated heterocycles. The Morgan fingerprint density at radius 2 is 2.24 bits per heavy atom. The Hall–Kier alpha value is -0.0200. The number of benzene rings is 1. The summed E-state index contributed by atoms with van der Waals surface area (Å²) in [5.74, 6) is 1.86. The fraction of sp³-hybridized carbons (Fsp3) is 0.571. The lowest BCUT2D eigenvalue weighted by molar-refractivity contribution is 0.351. The molecule has 2 rings (SSSR count). The summed E-state index contributed by atoms with van der Waals surface area (Å²) in [6.45, 7) is 3.09. The van der Waals surface area contributed by atoms with Crippen LogP contribution in [0.3, 0.4) is 0 Å². The summed E-state index contributed by atoms with van der Waals surface area (Å²) in [7, 11) is 0. The molecule has 1 aliphatic rings. The van der Waals surface area contributed by atoms with Crippen LogP contribution in [0.15, 0.2) is 16.6 Å². The highest BCUT2D eigenvalue weighted by Crippen LogP contribution is 2.35. The molecule has 0 aliphatic carbocycles. The molecule has 0 fully saturated rings. The van der Waals surface area contributed by atoms with Gasteiger partial charge in [-0.3, -0.25) is 0 Å².